The normalized spacial score (nSPS) is 11.4. The Kier molecular flexibility index (Phi) is 8.69. The lowest BCUT2D eigenvalue weighted by Crippen LogP contribution is -2.29. The SMILES string of the molecule is CCOCC(=N)c1nc(Cl)nc(Nc2ccncn2)c1N(C)CCOCC(F)(F)F. The molecule has 0 amide bonds. The molecule has 0 fully saturated rings. The molecule has 2 rings (SSSR count). The summed E-state index contributed by atoms with van der Waals surface area (Å²) in [5, 5.41) is 11.2. The first kappa shape index (κ1) is 23.7. The summed E-state index contributed by atoms with van der Waals surface area (Å²) in [4.78, 5) is 17.8. The molecule has 0 aliphatic heterocycles. The van der Waals surface area contributed by atoms with Crippen molar-refractivity contribution in [3.8, 4) is 0 Å². The van der Waals surface area contributed by atoms with Crippen molar-refractivity contribution in [2.24, 2.45) is 0 Å². The number of hydrogen-bond acceptors (Lipinski definition) is 9. The topological polar surface area (TPSA) is 109 Å². The van der Waals surface area contributed by atoms with Crippen LogP contribution in [0.4, 0.5) is 30.5 Å². The van der Waals surface area contributed by atoms with Crippen LogP contribution in [0.2, 0.25) is 5.28 Å². The van der Waals surface area contributed by atoms with Crippen molar-refractivity contribution in [1.82, 2.24) is 19.9 Å². The van der Waals surface area contributed by atoms with Gasteiger partial charge in [-0.25, -0.2) is 15.0 Å². The van der Waals surface area contributed by atoms with E-state index in [9.17, 15) is 13.2 Å². The quantitative estimate of drug-likeness (QED) is 0.307. The number of aromatic nitrogens is 4. The number of anilines is 3. The lowest BCUT2D eigenvalue weighted by molar-refractivity contribution is -0.173. The van der Waals surface area contributed by atoms with E-state index in [0.29, 0.717) is 18.1 Å². The van der Waals surface area contributed by atoms with Gasteiger partial charge in [0, 0.05) is 26.4 Å². The van der Waals surface area contributed by atoms with Gasteiger partial charge < -0.3 is 25.1 Å². The molecule has 164 valence electrons. The van der Waals surface area contributed by atoms with E-state index in [-0.39, 0.29) is 42.3 Å². The van der Waals surface area contributed by atoms with E-state index in [1.165, 1.54) is 12.5 Å². The van der Waals surface area contributed by atoms with E-state index in [1.807, 2.05) is 0 Å². The monoisotopic (exact) mass is 447 g/mol. The first-order valence-corrected chi connectivity index (χ1v) is 9.20. The average Bonchev–Trinajstić information content (AvgIpc) is 2.69. The fourth-order valence-electron chi connectivity index (χ4n) is 2.35. The Morgan fingerprint density at radius 1 is 1.30 bits per heavy atom. The summed E-state index contributed by atoms with van der Waals surface area (Å²) in [5.41, 5.74) is 0.557. The van der Waals surface area contributed by atoms with Crippen molar-refractivity contribution in [1.29, 1.82) is 5.41 Å². The third kappa shape index (κ3) is 7.35. The van der Waals surface area contributed by atoms with Crippen molar-refractivity contribution in [3.63, 3.8) is 0 Å². The highest BCUT2D eigenvalue weighted by Gasteiger charge is 2.27. The van der Waals surface area contributed by atoms with Gasteiger partial charge in [0.15, 0.2) is 5.82 Å². The van der Waals surface area contributed by atoms with Crippen LogP contribution in [-0.2, 0) is 9.47 Å². The number of hydrogen-bond donors (Lipinski definition) is 2. The smallest absolute Gasteiger partial charge is 0.375 e. The fraction of sp³-hybridized carbons (Fsp3) is 0.471. The first-order chi connectivity index (χ1) is 14.2. The maximum atomic E-state index is 12.3. The molecule has 0 atom stereocenters. The fourth-order valence-corrected chi connectivity index (χ4v) is 2.52. The Morgan fingerprint density at radius 3 is 2.70 bits per heavy atom. The minimum atomic E-state index is -4.41. The third-order valence-corrected chi connectivity index (χ3v) is 3.81. The molecule has 0 saturated heterocycles. The molecule has 0 bridgehead atoms. The zero-order chi connectivity index (χ0) is 22.1. The van der Waals surface area contributed by atoms with Crippen LogP contribution in [-0.4, -0.2) is 71.8 Å². The van der Waals surface area contributed by atoms with Crippen LogP contribution < -0.4 is 10.2 Å². The molecule has 0 aromatic carbocycles. The van der Waals surface area contributed by atoms with Crippen molar-refractivity contribution in [2.45, 2.75) is 13.1 Å². The molecular formula is C17H21ClF3N7O2. The number of nitrogens with one attached hydrogen (secondary N) is 2. The number of ether oxygens (including phenoxy) is 2. The predicted molar refractivity (Wildman–Crippen MR) is 106 cm³/mol. The van der Waals surface area contributed by atoms with Crippen LogP contribution in [0.3, 0.4) is 0 Å². The summed E-state index contributed by atoms with van der Waals surface area (Å²) in [6, 6.07) is 1.59. The highest BCUT2D eigenvalue weighted by molar-refractivity contribution is 6.28. The Hall–Kier alpha value is -2.57. The van der Waals surface area contributed by atoms with Crippen LogP contribution in [0.1, 0.15) is 12.6 Å². The van der Waals surface area contributed by atoms with E-state index >= 15 is 0 Å². The van der Waals surface area contributed by atoms with Crippen LogP contribution in [0.25, 0.3) is 0 Å². The second-order valence-corrected chi connectivity index (χ2v) is 6.30. The predicted octanol–water partition coefficient (Wildman–Crippen LogP) is 3.08. The van der Waals surface area contributed by atoms with Gasteiger partial charge >= 0.3 is 6.18 Å². The maximum Gasteiger partial charge on any atom is 0.411 e. The summed E-state index contributed by atoms with van der Waals surface area (Å²) >= 11 is 6.05. The number of likely N-dealkylation sites (N-methyl/N-ethyl adjacent to an activating group) is 1. The van der Waals surface area contributed by atoms with Gasteiger partial charge in [-0.15, -0.1) is 0 Å². The van der Waals surface area contributed by atoms with Gasteiger partial charge in [0.05, 0.1) is 18.9 Å². The molecule has 2 heterocycles. The Labute approximate surface area is 176 Å². The molecule has 0 saturated carbocycles. The lowest BCUT2D eigenvalue weighted by Gasteiger charge is -2.25. The van der Waals surface area contributed by atoms with Gasteiger partial charge in [-0.05, 0) is 24.6 Å². The van der Waals surface area contributed by atoms with Crippen molar-refractivity contribution >= 4 is 34.6 Å². The van der Waals surface area contributed by atoms with E-state index in [4.69, 9.17) is 21.7 Å². The van der Waals surface area contributed by atoms with E-state index < -0.39 is 12.8 Å². The third-order valence-electron chi connectivity index (χ3n) is 3.64. The Bertz CT molecular complexity index is 840. The van der Waals surface area contributed by atoms with Crippen LogP contribution in [0.5, 0.6) is 0 Å². The maximum absolute atomic E-state index is 12.3. The van der Waals surface area contributed by atoms with E-state index in [0.717, 1.165) is 0 Å². The van der Waals surface area contributed by atoms with Crippen LogP contribution in [0, 0.1) is 5.41 Å². The van der Waals surface area contributed by atoms with Crippen LogP contribution >= 0.6 is 11.6 Å². The number of rotatable bonds is 11. The van der Waals surface area contributed by atoms with Crippen molar-refractivity contribution in [2.75, 3.05) is 50.2 Å². The number of nitrogens with zero attached hydrogens (tertiary/aromatic N) is 5. The highest BCUT2D eigenvalue weighted by atomic mass is 35.5. The van der Waals surface area contributed by atoms with Gasteiger partial charge in [0.1, 0.15) is 30.1 Å². The second kappa shape index (κ2) is 11.0. The molecule has 2 N–H and O–H groups in total. The van der Waals surface area contributed by atoms with Crippen LogP contribution in [0.15, 0.2) is 18.6 Å². The van der Waals surface area contributed by atoms with Crippen molar-refractivity contribution in [3.05, 3.63) is 29.6 Å². The molecule has 0 spiro atoms. The lowest BCUT2D eigenvalue weighted by atomic mass is 10.2. The van der Waals surface area contributed by atoms with Crippen molar-refractivity contribution < 1.29 is 22.6 Å². The summed E-state index contributed by atoms with van der Waals surface area (Å²) in [6.45, 7) is 0.675. The molecule has 0 radical (unpaired) electrons. The molecule has 0 aliphatic rings. The number of alkyl halides is 3. The second-order valence-electron chi connectivity index (χ2n) is 5.96. The van der Waals surface area contributed by atoms with Gasteiger partial charge in [-0.3, -0.25) is 0 Å². The summed E-state index contributed by atoms with van der Waals surface area (Å²) < 4.78 is 46.9. The van der Waals surface area contributed by atoms with Gasteiger partial charge in [0.2, 0.25) is 5.28 Å². The standard InChI is InChI=1S/C17H21ClF3N7O2/c1-3-29-8-11(22)13-14(28(2)6-7-30-9-17(19,20)21)15(27-16(18)26-13)25-12-4-5-23-10-24-12/h4-5,10,22H,3,6-9H2,1-2H3,(H,23,24,25,26,27). The van der Waals surface area contributed by atoms with Gasteiger partial charge in [0.25, 0.3) is 0 Å². The Balaban J connectivity index is 2.32. The minimum Gasteiger partial charge on any atom is -0.375 e. The average molecular weight is 448 g/mol. The first-order valence-electron chi connectivity index (χ1n) is 8.83. The minimum absolute atomic E-state index is 0.0256. The number of halogens is 4. The molecule has 0 unspecified atom stereocenters. The molecule has 2 aromatic rings. The summed E-state index contributed by atoms with van der Waals surface area (Å²) in [5.74, 6) is 0.633. The van der Waals surface area contributed by atoms with Gasteiger partial charge in [-0.1, -0.05) is 0 Å². The Morgan fingerprint density at radius 2 is 2.07 bits per heavy atom. The molecule has 13 heteroatoms. The molecule has 30 heavy (non-hydrogen) atoms. The largest absolute Gasteiger partial charge is 0.411 e. The zero-order valence-corrected chi connectivity index (χ0v) is 17.1. The van der Waals surface area contributed by atoms with E-state index in [2.05, 4.69) is 30.0 Å². The van der Waals surface area contributed by atoms with Gasteiger partial charge in [-0.2, -0.15) is 18.2 Å². The summed E-state index contributed by atoms with van der Waals surface area (Å²) in [6.07, 6.45) is -1.56. The highest BCUT2D eigenvalue weighted by Crippen LogP contribution is 2.30. The molecule has 0 aliphatic carbocycles. The summed E-state index contributed by atoms with van der Waals surface area (Å²) in [7, 11) is 1.62. The zero-order valence-electron chi connectivity index (χ0n) is 16.3. The molecular weight excluding hydrogens is 427 g/mol. The molecule has 2 aromatic heterocycles. The molecule has 9 nitrogen and oxygen atoms in total. The van der Waals surface area contributed by atoms with E-state index in [1.54, 1.807) is 24.9 Å².